The lowest BCUT2D eigenvalue weighted by Crippen LogP contribution is -2.19. The number of nitrogens with one attached hydrogen (secondary N) is 2. The van der Waals surface area contributed by atoms with Gasteiger partial charge in [-0.1, -0.05) is 12.1 Å². The summed E-state index contributed by atoms with van der Waals surface area (Å²) in [5.74, 6) is -2.24. The molecule has 3 aromatic carbocycles. The first-order valence-corrected chi connectivity index (χ1v) is 9.57. The van der Waals surface area contributed by atoms with Crippen LogP contribution in [0.3, 0.4) is 0 Å². The molecule has 34 heavy (non-hydrogen) atoms. The zero-order valence-electron chi connectivity index (χ0n) is 17.0. The van der Waals surface area contributed by atoms with Gasteiger partial charge in [0, 0.05) is 11.3 Å². The van der Waals surface area contributed by atoms with Crippen molar-refractivity contribution in [2.24, 2.45) is 0 Å². The van der Waals surface area contributed by atoms with Gasteiger partial charge in [-0.25, -0.2) is 4.39 Å². The molecule has 0 aromatic heterocycles. The number of rotatable bonds is 5. The van der Waals surface area contributed by atoms with Crippen molar-refractivity contribution in [3.05, 3.63) is 94.8 Å². The lowest BCUT2D eigenvalue weighted by Gasteiger charge is -2.16. The fourth-order valence-corrected chi connectivity index (χ4v) is 2.96. The number of anilines is 2. The lowest BCUT2D eigenvalue weighted by molar-refractivity contribution is -0.138. The largest absolute Gasteiger partial charge is 0.418 e. The van der Waals surface area contributed by atoms with Gasteiger partial charge in [0.1, 0.15) is 5.82 Å². The predicted octanol–water partition coefficient (Wildman–Crippen LogP) is 6.30. The van der Waals surface area contributed by atoms with Crippen LogP contribution in [0, 0.1) is 5.82 Å². The zero-order chi connectivity index (χ0) is 25.1. The van der Waals surface area contributed by atoms with Crippen LogP contribution in [0.2, 0.25) is 0 Å². The van der Waals surface area contributed by atoms with Crippen molar-refractivity contribution >= 4 is 23.2 Å². The molecule has 2 amide bonds. The third-order valence-electron chi connectivity index (χ3n) is 4.61. The fraction of sp³-hybridized carbons (Fsp3) is 0.130. The number of carbonyl (C=O) groups is 2. The van der Waals surface area contributed by atoms with E-state index in [0.717, 1.165) is 60.7 Å². The van der Waals surface area contributed by atoms with Gasteiger partial charge in [0.15, 0.2) is 0 Å². The zero-order valence-corrected chi connectivity index (χ0v) is 17.0. The molecule has 0 bridgehead atoms. The Morgan fingerprint density at radius 1 is 0.735 bits per heavy atom. The Kier molecular flexibility index (Phi) is 6.94. The summed E-state index contributed by atoms with van der Waals surface area (Å²) in [6.07, 6.45) is -9.91. The molecule has 0 spiro atoms. The smallest absolute Gasteiger partial charge is 0.325 e. The van der Waals surface area contributed by atoms with Crippen molar-refractivity contribution in [2.45, 2.75) is 18.8 Å². The molecule has 0 aliphatic rings. The summed E-state index contributed by atoms with van der Waals surface area (Å²) in [7, 11) is 0. The van der Waals surface area contributed by atoms with Gasteiger partial charge in [-0.2, -0.15) is 26.3 Å². The van der Waals surface area contributed by atoms with Gasteiger partial charge in [-0.15, -0.1) is 0 Å². The second kappa shape index (κ2) is 9.54. The molecule has 0 aliphatic carbocycles. The van der Waals surface area contributed by atoms with Crippen molar-refractivity contribution < 1.29 is 40.3 Å². The maximum atomic E-state index is 13.6. The predicted molar refractivity (Wildman–Crippen MR) is 110 cm³/mol. The van der Waals surface area contributed by atoms with E-state index in [0.29, 0.717) is 6.07 Å². The molecule has 0 saturated heterocycles. The van der Waals surface area contributed by atoms with Crippen LogP contribution in [-0.2, 0) is 23.6 Å². The molecular weight excluding hydrogens is 469 g/mol. The van der Waals surface area contributed by atoms with E-state index in [1.54, 1.807) is 0 Å². The van der Waals surface area contributed by atoms with E-state index < -0.39 is 53.2 Å². The molecule has 2 N–H and O–H groups in total. The summed E-state index contributed by atoms with van der Waals surface area (Å²) in [6.45, 7) is 0. The first-order chi connectivity index (χ1) is 15.8. The van der Waals surface area contributed by atoms with Crippen LogP contribution in [0.15, 0.2) is 66.7 Å². The van der Waals surface area contributed by atoms with E-state index in [9.17, 15) is 40.3 Å². The molecule has 0 radical (unpaired) electrons. The van der Waals surface area contributed by atoms with Crippen molar-refractivity contribution in [1.82, 2.24) is 0 Å². The number of halogens is 7. The molecule has 178 valence electrons. The molecule has 11 heteroatoms. The van der Waals surface area contributed by atoms with Crippen molar-refractivity contribution in [3.8, 4) is 0 Å². The van der Waals surface area contributed by atoms with E-state index in [4.69, 9.17) is 0 Å². The number of alkyl halides is 6. The highest BCUT2D eigenvalue weighted by Gasteiger charge is 2.34. The summed E-state index contributed by atoms with van der Waals surface area (Å²) in [5.41, 5.74) is -2.79. The van der Waals surface area contributed by atoms with E-state index in [1.165, 1.54) is 0 Å². The van der Waals surface area contributed by atoms with Gasteiger partial charge < -0.3 is 10.6 Å². The van der Waals surface area contributed by atoms with E-state index in [2.05, 4.69) is 10.6 Å². The van der Waals surface area contributed by atoms with Crippen LogP contribution in [-0.4, -0.2) is 11.8 Å². The third kappa shape index (κ3) is 6.33. The van der Waals surface area contributed by atoms with Crippen molar-refractivity contribution in [3.63, 3.8) is 0 Å². The minimum absolute atomic E-state index is 0.0175. The Hall–Kier alpha value is -3.89. The molecule has 0 unspecified atom stereocenters. The Morgan fingerprint density at radius 3 is 1.91 bits per heavy atom. The molecule has 3 rings (SSSR count). The minimum Gasteiger partial charge on any atom is -0.325 e. The second-order valence-electron chi connectivity index (χ2n) is 7.14. The van der Waals surface area contributed by atoms with Crippen LogP contribution in [0.1, 0.15) is 27.0 Å². The molecule has 0 fully saturated rings. The van der Waals surface area contributed by atoms with Gasteiger partial charge in [0.2, 0.25) is 5.91 Å². The Balaban J connectivity index is 1.75. The van der Waals surface area contributed by atoms with Crippen LogP contribution < -0.4 is 10.6 Å². The standard InChI is InChI=1S/C23H15F7N2O2/c24-16-7-3-14(4-8-16)21(34)31-17-9-10-19(18(12-17)23(28,29)30)32-20(33)11-13-1-5-15(6-2-13)22(25,26)27/h1-10,12H,11H2,(H,31,34)(H,32,33). The Labute approximate surface area is 188 Å². The maximum Gasteiger partial charge on any atom is 0.418 e. The first kappa shape index (κ1) is 24.7. The highest BCUT2D eigenvalue weighted by molar-refractivity contribution is 6.04. The van der Waals surface area contributed by atoms with Gasteiger partial charge in [0.25, 0.3) is 5.91 Å². The number of hydrogen-bond acceptors (Lipinski definition) is 2. The quantitative estimate of drug-likeness (QED) is 0.418. The molecule has 0 aliphatic heterocycles. The van der Waals surface area contributed by atoms with Crippen LogP contribution in [0.25, 0.3) is 0 Å². The summed E-state index contributed by atoms with van der Waals surface area (Å²) < 4.78 is 91.5. The van der Waals surface area contributed by atoms with Gasteiger partial charge in [-0.3, -0.25) is 9.59 Å². The average Bonchev–Trinajstić information content (AvgIpc) is 2.74. The second-order valence-corrected chi connectivity index (χ2v) is 7.14. The maximum absolute atomic E-state index is 13.6. The number of carbonyl (C=O) groups excluding carboxylic acids is 2. The van der Waals surface area contributed by atoms with Crippen molar-refractivity contribution in [1.29, 1.82) is 0 Å². The van der Waals surface area contributed by atoms with Gasteiger partial charge in [-0.05, 0) is 60.2 Å². The van der Waals surface area contributed by atoms with Crippen LogP contribution in [0.4, 0.5) is 42.1 Å². The highest BCUT2D eigenvalue weighted by atomic mass is 19.4. The SMILES string of the molecule is O=C(Cc1ccc(C(F)(F)F)cc1)Nc1ccc(NC(=O)c2ccc(F)cc2)cc1C(F)(F)F. The first-order valence-electron chi connectivity index (χ1n) is 9.57. The van der Waals surface area contributed by atoms with Crippen LogP contribution >= 0.6 is 0 Å². The molecule has 0 heterocycles. The lowest BCUT2D eigenvalue weighted by atomic mass is 10.1. The van der Waals surface area contributed by atoms with Crippen molar-refractivity contribution in [2.75, 3.05) is 10.6 Å². The highest BCUT2D eigenvalue weighted by Crippen LogP contribution is 2.37. The molecule has 4 nitrogen and oxygen atoms in total. The third-order valence-corrected chi connectivity index (χ3v) is 4.61. The summed E-state index contributed by atoms with van der Waals surface area (Å²) in [4.78, 5) is 24.4. The number of amides is 2. The van der Waals surface area contributed by atoms with E-state index in [-0.39, 0.29) is 16.8 Å². The topological polar surface area (TPSA) is 58.2 Å². The van der Waals surface area contributed by atoms with Crippen LogP contribution in [0.5, 0.6) is 0 Å². The van der Waals surface area contributed by atoms with Gasteiger partial charge >= 0.3 is 12.4 Å². The summed E-state index contributed by atoms with van der Waals surface area (Å²) >= 11 is 0. The number of hydrogen-bond donors (Lipinski definition) is 2. The van der Waals surface area contributed by atoms with E-state index in [1.807, 2.05) is 0 Å². The molecule has 3 aromatic rings. The molecular formula is C23H15F7N2O2. The average molecular weight is 484 g/mol. The summed E-state index contributed by atoms with van der Waals surface area (Å²) in [5, 5.41) is 4.36. The number of benzene rings is 3. The molecule has 0 atom stereocenters. The minimum atomic E-state index is -4.90. The normalized spacial score (nSPS) is 11.7. The fourth-order valence-electron chi connectivity index (χ4n) is 2.96. The Morgan fingerprint density at radius 2 is 1.35 bits per heavy atom. The molecule has 0 saturated carbocycles. The summed E-state index contributed by atoms with van der Waals surface area (Å²) in [6, 6.07) is 10.7. The van der Waals surface area contributed by atoms with Gasteiger partial charge in [0.05, 0.1) is 23.2 Å². The monoisotopic (exact) mass is 484 g/mol. The Bertz CT molecular complexity index is 1190. The van der Waals surface area contributed by atoms with E-state index >= 15 is 0 Å².